The molecule has 0 aliphatic rings. The van der Waals surface area contributed by atoms with Crippen LogP contribution in [-0.4, -0.2) is 212 Å². The second-order valence-corrected chi connectivity index (χ2v) is 19.1. The number of benzene rings is 3. The molecule has 0 radical (unpaired) electrons. The van der Waals surface area contributed by atoms with E-state index in [-0.39, 0.29) is 80.6 Å². The van der Waals surface area contributed by atoms with E-state index >= 15 is 0 Å². The molecule has 3 aromatic rings. The van der Waals surface area contributed by atoms with Crippen LogP contribution in [0.25, 0.3) is 10.8 Å². The number of ether oxygens (including phenoxy) is 12. The number of aliphatic hydroxyl groups is 1. The van der Waals surface area contributed by atoms with Crippen LogP contribution >= 0.6 is 0 Å². The van der Waals surface area contributed by atoms with E-state index in [1.165, 1.54) is 31.2 Å². The lowest BCUT2D eigenvalue weighted by Gasteiger charge is -2.19. The van der Waals surface area contributed by atoms with Crippen molar-refractivity contribution in [2.24, 2.45) is 11.7 Å². The molecular weight excluding hydrogens is 1090 g/mol. The Labute approximate surface area is 473 Å². The smallest absolute Gasteiger partial charge is 0.411 e. The van der Waals surface area contributed by atoms with Crippen LogP contribution in [0.2, 0.25) is 0 Å². The number of hydrogen-bond acceptors (Lipinski definition) is 20. The van der Waals surface area contributed by atoms with Gasteiger partial charge < -0.3 is 83.6 Å². The normalized spacial score (nSPS) is 12.2. The largest absolute Gasteiger partial charge is 0.444 e. The highest BCUT2D eigenvalue weighted by molar-refractivity contribution is 7.86. The highest BCUT2D eigenvalue weighted by atomic mass is 32.2. The molecule has 0 spiro atoms. The number of anilines is 2. The van der Waals surface area contributed by atoms with E-state index in [2.05, 4.69) is 21.3 Å². The van der Waals surface area contributed by atoms with Crippen molar-refractivity contribution in [2.75, 3.05) is 169 Å². The van der Waals surface area contributed by atoms with Gasteiger partial charge in [-0.3, -0.25) is 24.3 Å². The molecule has 3 rings (SSSR count). The van der Waals surface area contributed by atoms with Crippen LogP contribution < -0.4 is 27.0 Å². The SMILES string of the molecule is C[C@H](NC(=O)CCOCCOCCOCCOCCOCCOCCOCCOCCOCCOCCOCCCO)C(=O)C[C@@H](CCCNC(N)=O)C(=O)Nc1ccc(COC(=O)Nc2cccc3c(S(=O)(=O)O)cccc23)cc1. The number of fused-ring (bicyclic) bond motifs is 1. The van der Waals surface area contributed by atoms with E-state index < -0.39 is 46.0 Å². The Morgan fingerprint density at radius 2 is 1.02 bits per heavy atom. The summed E-state index contributed by atoms with van der Waals surface area (Å²) >= 11 is 0. The molecule has 0 unspecified atom stereocenters. The number of carbonyl (C=O) groups is 5. The van der Waals surface area contributed by atoms with Crippen molar-refractivity contribution in [3.8, 4) is 0 Å². The van der Waals surface area contributed by atoms with Crippen LogP contribution in [0.5, 0.6) is 0 Å². The minimum absolute atomic E-state index is 0.00559. The Morgan fingerprint density at radius 3 is 1.49 bits per heavy atom. The number of nitrogens with one attached hydrogen (secondary N) is 4. The number of aliphatic hydroxyl groups excluding tert-OH is 1. The average molecular weight is 1170 g/mol. The number of hydrogen-bond donors (Lipinski definition) is 7. The van der Waals surface area contributed by atoms with Crippen LogP contribution in [-0.2, 0) is 88.0 Å². The third kappa shape index (κ3) is 33.9. The van der Waals surface area contributed by atoms with Crippen LogP contribution in [0.3, 0.4) is 0 Å². The lowest BCUT2D eigenvalue weighted by molar-refractivity contribution is -0.130. The third-order valence-corrected chi connectivity index (χ3v) is 12.2. The Morgan fingerprint density at radius 1 is 0.568 bits per heavy atom. The third-order valence-electron chi connectivity index (χ3n) is 11.3. The van der Waals surface area contributed by atoms with E-state index in [1.807, 2.05) is 0 Å². The van der Waals surface area contributed by atoms with E-state index in [4.69, 9.17) is 67.7 Å². The van der Waals surface area contributed by atoms with Gasteiger partial charge in [-0.05, 0) is 56.0 Å². The summed E-state index contributed by atoms with van der Waals surface area (Å²) in [7, 11) is -4.51. The predicted octanol–water partition coefficient (Wildman–Crippen LogP) is 3.26. The Bertz CT molecular complexity index is 2330. The summed E-state index contributed by atoms with van der Waals surface area (Å²) in [5.41, 5.74) is 6.42. The molecule has 0 saturated heterocycles. The Balaban J connectivity index is 1.16. The summed E-state index contributed by atoms with van der Waals surface area (Å²) in [5, 5.41) is 19.8. The van der Waals surface area contributed by atoms with Crippen molar-refractivity contribution in [3.63, 3.8) is 0 Å². The lowest BCUT2D eigenvalue weighted by atomic mass is 9.93. The predicted molar refractivity (Wildman–Crippen MR) is 296 cm³/mol. The van der Waals surface area contributed by atoms with Gasteiger partial charge in [-0.15, -0.1) is 0 Å². The molecule has 5 amide bonds. The Hall–Kier alpha value is -5.50. The number of primary amides is 1. The zero-order valence-electron chi connectivity index (χ0n) is 46.3. The molecule has 0 fully saturated rings. The van der Waals surface area contributed by atoms with Crippen molar-refractivity contribution in [1.29, 1.82) is 0 Å². The van der Waals surface area contributed by atoms with Crippen molar-refractivity contribution < 1.29 is 98.9 Å². The maximum atomic E-state index is 13.5. The van der Waals surface area contributed by atoms with Crippen molar-refractivity contribution in [1.82, 2.24) is 10.6 Å². The molecule has 0 saturated carbocycles. The Kier molecular flexibility index (Phi) is 38.0. The fourth-order valence-corrected chi connectivity index (χ4v) is 7.88. The van der Waals surface area contributed by atoms with Gasteiger partial charge in [0, 0.05) is 55.0 Å². The monoisotopic (exact) mass is 1170 g/mol. The van der Waals surface area contributed by atoms with Crippen LogP contribution in [0, 0.1) is 5.92 Å². The molecule has 3 aromatic carbocycles. The van der Waals surface area contributed by atoms with Gasteiger partial charge in [-0.2, -0.15) is 8.42 Å². The quantitative estimate of drug-likeness (QED) is 0.0315. The number of amides is 5. The number of carbonyl (C=O) groups excluding carboxylic acids is 5. The van der Waals surface area contributed by atoms with Gasteiger partial charge in [0.25, 0.3) is 10.1 Å². The first-order valence-corrected chi connectivity index (χ1v) is 28.4. The molecule has 0 heterocycles. The standard InChI is InChI=1S/C54H83N5O21S/c1-42(57-51(62)15-19-70-21-23-72-25-27-74-29-31-76-33-35-78-37-39-79-38-36-77-34-32-75-30-28-73-26-24-71-22-20-69-18-5-17-60)49(61)40-44(6-4-16-56-53(55)64)52(63)58-45-13-11-43(12-14-45)41-80-54(65)59-48-9-2-8-47-46(48)7-3-10-50(47)81(66,67)68/h2-3,7-14,42,44,60H,4-6,15-41H2,1H3,(H,57,62)(H,58,63)(H,59,65)(H3,55,56,64)(H,66,67,68)/t42-,44+/m0/s1. The number of ketones is 1. The van der Waals surface area contributed by atoms with Crippen molar-refractivity contribution in [3.05, 3.63) is 66.2 Å². The topological polar surface area (TPSA) is 345 Å². The molecule has 81 heavy (non-hydrogen) atoms. The second kappa shape index (κ2) is 44.1. The van der Waals surface area contributed by atoms with Crippen molar-refractivity contribution >= 4 is 62.0 Å². The zero-order valence-corrected chi connectivity index (χ0v) is 47.1. The first kappa shape index (κ1) is 69.8. The molecule has 0 aliphatic carbocycles. The summed E-state index contributed by atoms with van der Waals surface area (Å²) in [6.45, 7) is 10.8. The van der Waals surface area contributed by atoms with Crippen LogP contribution in [0.1, 0.15) is 44.6 Å². The maximum Gasteiger partial charge on any atom is 0.411 e. The zero-order chi connectivity index (χ0) is 58.6. The first-order valence-electron chi connectivity index (χ1n) is 26.9. The van der Waals surface area contributed by atoms with Gasteiger partial charge in [0.05, 0.1) is 150 Å². The van der Waals surface area contributed by atoms with Gasteiger partial charge in [-0.25, -0.2) is 9.59 Å². The van der Waals surface area contributed by atoms with Crippen LogP contribution in [0.15, 0.2) is 65.6 Å². The van der Waals surface area contributed by atoms with Crippen LogP contribution in [0.4, 0.5) is 21.0 Å². The molecule has 0 aromatic heterocycles. The molecule has 27 heteroatoms. The summed E-state index contributed by atoms with van der Waals surface area (Å²) in [6.07, 6.45) is 0.163. The fraction of sp³-hybridized carbons (Fsp3) is 0.611. The second-order valence-electron chi connectivity index (χ2n) is 17.7. The number of urea groups is 1. The minimum Gasteiger partial charge on any atom is -0.444 e. The maximum absolute atomic E-state index is 13.5. The molecular formula is C54H83N5O21S. The summed E-state index contributed by atoms with van der Waals surface area (Å²) in [4.78, 5) is 63.0. The van der Waals surface area contributed by atoms with Gasteiger partial charge in [0.2, 0.25) is 11.8 Å². The van der Waals surface area contributed by atoms with Crippen molar-refractivity contribution in [2.45, 2.75) is 56.6 Å². The lowest BCUT2D eigenvalue weighted by Crippen LogP contribution is -2.40. The molecule has 0 aliphatic heterocycles. The number of rotatable bonds is 50. The van der Waals surface area contributed by atoms with E-state index in [1.54, 1.807) is 36.4 Å². The average Bonchev–Trinajstić information content (AvgIpc) is 3.48. The summed E-state index contributed by atoms with van der Waals surface area (Å²) in [5.74, 6) is -2.07. The summed E-state index contributed by atoms with van der Waals surface area (Å²) < 4.78 is 98.7. The van der Waals surface area contributed by atoms with E-state index in [0.29, 0.717) is 155 Å². The fourth-order valence-electron chi connectivity index (χ4n) is 7.17. The number of nitrogens with two attached hydrogens (primary N) is 1. The summed E-state index contributed by atoms with van der Waals surface area (Å²) in [6, 6.07) is 13.7. The van der Waals surface area contributed by atoms with Gasteiger partial charge in [0.15, 0.2) is 5.78 Å². The highest BCUT2D eigenvalue weighted by Crippen LogP contribution is 2.29. The molecule has 26 nitrogen and oxygen atoms in total. The minimum atomic E-state index is -4.51. The molecule has 0 bridgehead atoms. The molecule has 2 atom stereocenters. The van der Waals surface area contributed by atoms with Gasteiger partial charge in [0.1, 0.15) is 11.5 Å². The number of Topliss-reactive ketones (excluding diaryl/α,β-unsaturated/α-hetero) is 1. The molecule has 456 valence electrons. The van der Waals surface area contributed by atoms with E-state index in [0.717, 1.165) is 0 Å². The van der Waals surface area contributed by atoms with Gasteiger partial charge in [-0.1, -0.05) is 36.4 Å². The highest BCUT2D eigenvalue weighted by Gasteiger charge is 2.26. The van der Waals surface area contributed by atoms with Gasteiger partial charge >= 0.3 is 12.1 Å². The first-order chi connectivity index (χ1) is 39.3. The molecule has 8 N–H and O–H groups in total. The van der Waals surface area contributed by atoms with E-state index in [9.17, 15) is 36.9 Å².